The first kappa shape index (κ1) is 106. The average Bonchev–Trinajstić information content (AvgIpc) is 1.64. The Labute approximate surface area is 770 Å². The Kier molecular flexibility index (Phi) is 43.3. The SMILES string of the molecule is CO[C@H]1C[C@@H]2CC[C@@H](C)[C@@](O)(O2)C(=O)C(=O)N2CCCC[C@H]2C(=O)O[C@H]([C@H](C)C[C@@H]2CC[C@H](n3cc(COC(=O)CCCOCCOCCOCCC(=O)NCCOCCOCCOCCC(=O)CCCCCn4nc(-c5cc6cc(N)ccc6[nH]5)c5c(N)ncnc54)nn3)[C@H](OC)C2)C/C(=N/OC(C)(C)C)[C@H](C)/C=C(\C)[C@@H](O)[C@@H](OC)C(=O)[C@H](C)C[C@H](C)/C=C/C=C/C=C/1C. The van der Waals surface area contributed by atoms with E-state index in [0.717, 1.165) is 47.9 Å². The van der Waals surface area contributed by atoms with Gasteiger partial charge in [0.05, 0.1) is 120 Å². The van der Waals surface area contributed by atoms with Crippen molar-refractivity contribution in [3.05, 3.63) is 90.1 Å². The van der Waals surface area contributed by atoms with Crippen molar-refractivity contribution >= 4 is 80.3 Å². The number of methoxy groups -OCH3 is 3. The minimum atomic E-state index is -2.48. The van der Waals surface area contributed by atoms with Crippen LogP contribution < -0.4 is 16.8 Å². The van der Waals surface area contributed by atoms with Gasteiger partial charge in [0, 0.05) is 120 Å². The number of fused-ring (bicyclic) bond motifs is 5. The van der Waals surface area contributed by atoms with Gasteiger partial charge in [-0.2, -0.15) is 5.10 Å². The molecular weight excluding hydrogens is 1690 g/mol. The van der Waals surface area contributed by atoms with Gasteiger partial charge in [-0.25, -0.2) is 24.1 Å². The molecular formula is C96H145N13O22. The molecule has 35 nitrogen and oxygen atoms in total. The summed E-state index contributed by atoms with van der Waals surface area (Å²) < 4.78 is 73.7. The summed E-state index contributed by atoms with van der Waals surface area (Å²) in [4.78, 5) is 116. The summed E-state index contributed by atoms with van der Waals surface area (Å²) in [6.45, 7) is 23.5. The number of amides is 2. The fourth-order valence-electron chi connectivity index (χ4n) is 17.2. The molecule has 5 aromatic rings. The number of carbonyl (C=O) groups excluding carboxylic acids is 7. The van der Waals surface area contributed by atoms with Crippen LogP contribution in [0.4, 0.5) is 11.5 Å². The molecule has 0 radical (unpaired) electrons. The number of aromatic nitrogens is 8. The second-order valence-electron chi connectivity index (χ2n) is 36.3. The van der Waals surface area contributed by atoms with Gasteiger partial charge in [-0.1, -0.05) is 87.9 Å². The highest BCUT2D eigenvalue weighted by Crippen LogP contribution is 2.41. The predicted molar refractivity (Wildman–Crippen MR) is 493 cm³/mol. The topological polar surface area (TPSA) is 450 Å². The van der Waals surface area contributed by atoms with E-state index in [0.29, 0.717) is 208 Å². The fraction of sp³-hybridized carbons (Fsp3) is 0.677. The fourth-order valence-corrected chi connectivity index (χ4v) is 17.2. The molecule has 3 aliphatic heterocycles. The van der Waals surface area contributed by atoms with Crippen molar-refractivity contribution in [2.45, 2.75) is 271 Å². The van der Waals surface area contributed by atoms with Gasteiger partial charge in [0.2, 0.25) is 11.7 Å². The van der Waals surface area contributed by atoms with Gasteiger partial charge in [0.25, 0.3) is 11.7 Å². The largest absolute Gasteiger partial charge is 0.460 e. The van der Waals surface area contributed by atoms with Crippen LogP contribution in [-0.2, 0) is 108 Å². The number of nitrogens with zero attached hydrogens (tertiary/aromatic N) is 9. The molecule has 2 amide bonds. The van der Waals surface area contributed by atoms with E-state index >= 15 is 4.79 Å². The van der Waals surface area contributed by atoms with E-state index in [9.17, 15) is 39.0 Å². The molecule has 3 fully saturated rings. The summed E-state index contributed by atoms with van der Waals surface area (Å²) in [5.41, 5.74) is 17.5. The van der Waals surface area contributed by atoms with Crippen molar-refractivity contribution < 1.29 is 105 Å². The lowest BCUT2D eigenvalue weighted by molar-refractivity contribution is -0.265. The zero-order valence-electron chi connectivity index (χ0n) is 79.2. The lowest BCUT2D eigenvalue weighted by Crippen LogP contribution is -2.61. The lowest BCUT2D eigenvalue weighted by Gasteiger charge is -2.42. The third-order valence-electron chi connectivity index (χ3n) is 24.7. The third-order valence-corrected chi connectivity index (χ3v) is 24.7. The van der Waals surface area contributed by atoms with Gasteiger partial charge in [0.1, 0.15) is 65.9 Å². The molecule has 15 atom stereocenters. The van der Waals surface area contributed by atoms with Gasteiger partial charge in [0.15, 0.2) is 11.4 Å². The Balaban J connectivity index is 0.643. The minimum Gasteiger partial charge on any atom is -0.460 e. The Morgan fingerprint density at radius 2 is 1.48 bits per heavy atom. The first-order chi connectivity index (χ1) is 62.9. The van der Waals surface area contributed by atoms with Crippen molar-refractivity contribution in [1.82, 2.24) is 49.9 Å². The highest BCUT2D eigenvalue weighted by Gasteiger charge is 2.53. The Bertz CT molecular complexity index is 4610. The minimum absolute atomic E-state index is 0.0111. The standard InChI is InChI=1S/C96H145N13O22/c1-62-23-16-14-17-24-63(2)80(119-11)57-74-31-28-68(7)96(118,130-74)90(115)93(116)107-37-21-19-26-79(107)94(117)129-81(58-76(105-131-95(8,9)10)64(3)52-67(6)88(114)89(121-13)87(113)66(5)51-62)65(4)53-69-29-33-78(82(54-69)120-12)109-59-72(103-106-109)60-128-84(112)27-22-39-122-43-47-126-49-45-124-41-35-83(111)99-36-42-125-46-50-127-48-44-123-40-34-73(110)25-18-15-20-38-108-92-85(91(98)100-61-101-92)86(104-108)77-56-70-55-71(97)30-32-75(70)102-77/h14,16-17,23-24,30,32,52,55-56,59,61-62,64-66,68-69,74,78-82,88-89,102,114,118H,15,18-22,25-29,31,33-51,53-54,57-58,60,97H2,1-13H3,(H,99,111)(H2,98,100,101)/b17-14+,23-16+,63-24+,67-52+,105-76-/t62-,64-,65-,66-,68-,69+,74+,78+,79+,80+,81+,82-,88-,89+,96-/m1/s1. The van der Waals surface area contributed by atoms with Crippen LogP contribution >= 0.6 is 0 Å². The van der Waals surface area contributed by atoms with E-state index in [1.807, 2.05) is 121 Å². The highest BCUT2D eigenvalue weighted by molar-refractivity contribution is 6.39. The van der Waals surface area contributed by atoms with Crippen LogP contribution in [0.5, 0.6) is 0 Å². The average molecular weight is 1830 g/mol. The number of ketones is 3. The summed E-state index contributed by atoms with van der Waals surface area (Å²) in [6, 6.07) is 6.28. The first-order valence-corrected chi connectivity index (χ1v) is 46.8. The van der Waals surface area contributed by atoms with Gasteiger partial charge < -0.3 is 98.6 Å². The second kappa shape index (κ2) is 53.7. The molecule has 1 aromatic carbocycles. The number of aromatic amines is 1. The smallest absolute Gasteiger partial charge is 0.329 e. The number of unbranched alkanes of at least 4 members (excludes halogenated alkanes) is 2. The summed E-state index contributed by atoms with van der Waals surface area (Å²) >= 11 is 0. The number of nitrogens with one attached hydrogen (secondary N) is 2. The van der Waals surface area contributed by atoms with E-state index in [1.54, 1.807) is 38.9 Å². The summed E-state index contributed by atoms with van der Waals surface area (Å²) in [5.74, 6) is -7.78. The number of ether oxygens (including phenoxy) is 12. The van der Waals surface area contributed by atoms with Crippen molar-refractivity contribution in [3.63, 3.8) is 0 Å². The number of benzene rings is 1. The maximum atomic E-state index is 15.2. The number of aliphatic hydroxyl groups excluding tert-OH is 1. The summed E-state index contributed by atoms with van der Waals surface area (Å²) in [6.07, 6.45) is 19.3. The summed E-state index contributed by atoms with van der Waals surface area (Å²) in [7, 11) is 4.64. The zero-order chi connectivity index (χ0) is 94.6. The number of piperidine rings is 1. The van der Waals surface area contributed by atoms with Crippen molar-refractivity contribution in [2.24, 2.45) is 40.7 Å². The van der Waals surface area contributed by atoms with E-state index < -0.39 is 89.3 Å². The molecule has 1 aliphatic carbocycles. The number of cyclic esters (lactones) is 1. The molecule has 2 saturated heterocycles. The van der Waals surface area contributed by atoms with Crippen LogP contribution in [-0.4, -0.2) is 269 Å². The Morgan fingerprint density at radius 3 is 2.20 bits per heavy atom. The number of hydrogen-bond acceptors (Lipinski definition) is 30. The number of aliphatic hydroxyl groups is 2. The van der Waals surface area contributed by atoms with Crippen LogP contribution in [0, 0.1) is 35.5 Å². The monoisotopic (exact) mass is 1830 g/mol. The third kappa shape index (κ3) is 32.9. The normalized spacial score (nSPS) is 26.4. The number of rotatable bonds is 42. The number of nitrogen functional groups attached to an aromatic ring is 2. The van der Waals surface area contributed by atoms with Crippen molar-refractivity contribution in [3.8, 4) is 11.4 Å². The van der Waals surface area contributed by atoms with E-state index in [-0.39, 0.29) is 92.8 Å². The van der Waals surface area contributed by atoms with Gasteiger partial charge in [-0.05, 0) is 171 Å². The second-order valence-corrected chi connectivity index (χ2v) is 36.3. The number of aryl methyl sites for hydroxylation is 1. The molecule has 726 valence electrons. The Hall–Kier alpha value is -9.11. The quantitative estimate of drug-likeness (QED) is 0.00528. The van der Waals surface area contributed by atoms with Crippen LogP contribution in [0.3, 0.4) is 0 Å². The molecule has 8 N–H and O–H groups in total. The maximum Gasteiger partial charge on any atom is 0.329 e. The molecule has 35 heteroatoms. The molecule has 9 rings (SSSR count). The number of nitrogens with two attached hydrogens (primary N) is 2. The molecule has 2 bridgehead atoms. The number of allylic oxidation sites excluding steroid dienone is 6. The van der Waals surface area contributed by atoms with Crippen molar-refractivity contribution in [2.75, 3.05) is 125 Å². The maximum absolute atomic E-state index is 15.2. The summed E-state index contributed by atoms with van der Waals surface area (Å²) in [5, 5.41) is 47.1. The first-order valence-electron chi connectivity index (χ1n) is 46.8. The van der Waals surface area contributed by atoms with Gasteiger partial charge >= 0.3 is 11.9 Å². The number of hydrogen-bond donors (Lipinski definition) is 6. The number of carbonyl (C=O) groups is 7. The van der Waals surface area contributed by atoms with E-state index in [2.05, 4.69) is 30.6 Å². The molecule has 131 heavy (non-hydrogen) atoms. The van der Waals surface area contributed by atoms with Crippen LogP contribution in [0.1, 0.15) is 209 Å². The van der Waals surface area contributed by atoms with Crippen molar-refractivity contribution in [1.29, 1.82) is 0 Å². The highest BCUT2D eigenvalue weighted by atomic mass is 16.7. The number of H-pyrrole nitrogens is 1. The zero-order valence-corrected chi connectivity index (χ0v) is 79.2. The van der Waals surface area contributed by atoms with E-state index in [4.69, 9.17) is 83.4 Å². The van der Waals surface area contributed by atoms with Crippen LogP contribution in [0.15, 0.2) is 89.5 Å². The molecule has 0 spiro atoms. The molecule has 7 heterocycles. The number of esters is 2. The number of oxime groups is 1. The number of anilines is 2. The van der Waals surface area contributed by atoms with Crippen LogP contribution in [0.25, 0.3) is 33.3 Å². The molecule has 4 aromatic heterocycles. The van der Waals surface area contributed by atoms with Gasteiger partial charge in [-0.3, -0.25) is 28.8 Å². The molecule has 0 unspecified atom stereocenters. The lowest BCUT2D eigenvalue weighted by atomic mass is 9.77. The molecule has 4 aliphatic rings. The van der Waals surface area contributed by atoms with E-state index in [1.165, 1.54) is 18.3 Å². The Morgan fingerprint density at radius 1 is 0.763 bits per heavy atom. The molecule has 1 saturated carbocycles. The number of Topliss-reactive ketones (excluding diaryl/α,β-unsaturated/α-hetero) is 3. The van der Waals surface area contributed by atoms with Gasteiger partial charge in [-0.15, -0.1) is 5.10 Å². The van der Waals surface area contributed by atoms with Crippen LogP contribution in [0.2, 0.25) is 0 Å². The predicted octanol–water partition coefficient (Wildman–Crippen LogP) is 11.4.